The molecule has 1 amide bonds. The summed E-state index contributed by atoms with van der Waals surface area (Å²) in [7, 11) is 0. The lowest BCUT2D eigenvalue weighted by atomic mass is 9.95. The van der Waals surface area contributed by atoms with E-state index in [1.54, 1.807) is 0 Å². The lowest BCUT2D eigenvalue weighted by Crippen LogP contribution is -2.41. The molecule has 16 heavy (non-hydrogen) atoms. The smallest absolute Gasteiger partial charge is 0.225 e. The molecule has 0 aromatic heterocycles. The van der Waals surface area contributed by atoms with Crippen LogP contribution in [0.1, 0.15) is 32.1 Å². The summed E-state index contributed by atoms with van der Waals surface area (Å²) in [5.74, 6) is 1.15. The van der Waals surface area contributed by atoms with Gasteiger partial charge < -0.3 is 10.6 Å². The van der Waals surface area contributed by atoms with Crippen LogP contribution in [0, 0.1) is 11.8 Å². The predicted octanol–water partition coefficient (Wildman–Crippen LogP) is 1.54. The quantitative estimate of drug-likeness (QED) is 0.720. The Kier molecular flexibility index (Phi) is 3.64. The van der Waals surface area contributed by atoms with Gasteiger partial charge in [-0.25, -0.2) is 0 Å². The highest BCUT2D eigenvalue weighted by molar-refractivity contribution is 5.79. The Labute approximate surface area is 97.7 Å². The molecule has 2 unspecified atom stereocenters. The van der Waals surface area contributed by atoms with E-state index in [1.807, 2.05) is 11.0 Å². The number of hydrogen-bond donors (Lipinski definition) is 1. The number of allylic oxidation sites excluding steroid dienone is 1. The Hall–Kier alpha value is -0.830. The minimum atomic E-state index is 0.204. The molecular weight excluding hydrogens is 200 g/mol. The van der Waals surface area contributed by atoms with Crippen molar-refractivity contribution in [2.75, 3.05) is 13.1 Å². The van der Waals surface area contributed by atoms with Crippen molar-refractivity contribution in [3.63, 3.8) is 0 Å². The molecule has 3 nitrogen and oxygen atoms in total. The Bertz CT molecular complexity index is 269. The zero-order valence-corrected chi connectivity index (χ0v) is 9.90. The average molecular weight is 222 g/mol. The molecule has 1 aliphatic carbocycles. The molecule has 1 saturated heterocycles. The largest absolute Gasteiger partial charge is 0.342 e. The second-order valence-corrected chi connectivity index (χ2v) is 5.17. The summed E-state index contributed by atoms with van der Waals surface area (Å²) in [6, 6.07) is 0.250. The summed E-state index contributed by atoms with van der Waals surface area (Å²) in [4.78, 5) is 14.2. The third-order valence-corrected chi connectivity index (χ3v) is 4.01. The van der Waals surface area contributed by atoms with Crippen molar-refractivity contribution in [1.82, 2.24) is 4.90 Å². The lowest BCUT2D eigenvalue weighted by molar-refractivity contribution is -0.136. The van der Waals surface area contributed by atoms with E-state index in [4.69, 9.17) is 5.73 Å². The van der Waals surface area contributed by atoms with Crippen LogP contribution in [-0.2, 0) is 4.79 Å². The standard InChI is InChI=1S/C13H22N2O/c1-2-10-5-7-15(8-6-10)13(16)11-3-4-12(14)9-11/h2,10-12H,1,3-9,14H2. The maximum atomic E-state index is 12.2. The van der Waals surface area contributed by atoms with Crippen molar-refractivity contribution in [3.05, 3.63) is 12.7 Å². The number of carbonyl (C=O) groups is 1. The van der Waals surface area contributed by atoms with Crippen molar-refractivity contribution < 1.29 is 4.79 Å². The predicted molar refractivity (Wildman–Crippen MR) is 64.8 cm³/mol. The van der Waals surface area contributed by atoms with Gasteiger partial charge in [0.05, 0.1) is 0 Å². The zero-order valence-electron chi connectivity index (χ0n) is 9.90. The molecule has 2 rings (SSSR count). The molecule has 2 N–H and O–H groups in total. The lowest BCUT2D eigenvalue weighted by Gasteiger charge is -2.32. The SMILES string of the molecule is C=CC1CCN(C(=O)C2CCC(N)C2)CC1. The molecular formula is C13H22N2O. The molecule has 2 atom stereocenters. The zero-order chi connectivity index (χ0) is 11.5. The summed E-state index contributed by atoms with van der Waals surface area (Å²) in [6.07, 6.45) is 7.07. The third kappa shape index (κ3) is 2.46. The van der Waals surface area contributed by atoms with Gasteiger partial charge in [0.25, 0.3) is 0 Å². The van der Waals surface area contributed by atoms with Crippen LogP contribution in [0.5, 0.6) is 0 Å². The Morgan fingerprint density at radius 2 is 1.94 bits per heavy atom. The van der Waals surface area contributed by atoms with Crippen LogP contribution in [0.2, 0.25) is 0 Å². The molecule has 1 heterocycles. The normalized spacial score (nSPS) is 31.7. The molecule has 0 aromatic carbocycles. The first-order valence-corrected chi connectivity index (χ1v) is 6.37. The summed E-state index contributed by atoms with van der Waals surface area (Å²) < 4.78 is 0. The van der Waals surface area contributed by atoms with Gasteiger partial charge in [0.15, 0.2) is 0 Å². The third-order valence-electron chi connectivity index (χ3n) is 4.01. The number of nitrogens with zero attached hydrogens (tertiary/aromatic N) is 1. The minimum Gasteiger partial charge on any atom is -0.342 e. The molecule has 1 saturated carbocycles. The van der Waals surface area contributed by atoms with Crippen LogP contribution >= 0.6 is 0 Å². The minimum absolute atomic E-state index is 0.204. The Morgan fingerprint density at radius 3 is 2.44 bits per heavy atom. The number of piperidine rings is 1. The highest BCUT2D eigenvalue weighted by Crippen LogP contribution is 2.28. The van der Waals surface area contributed by atoms with E-state index in [9.17, 15) is 4.79 Å². The molecule has 1 aliphatic heterocycles. The summed E-state index contributed by atoms with van der Waals surface area (Å²) >= 11 is 0. The van der Waals surface area contributed by atoms with Gasteiger partial charge in [-0.2, -0.15) is 0 Å². The van der Waals surface area contributed by atoms with Crippen molar-refractivity contribution in [1.29, 1.82) is 0 Å². The fourth-order valence-electron chi connectivity index (χ4n) is 2.85. The second-order valence-electron chi connectivity index (χ2n) is 5.17. The van der Waals surface area contributed by atoms with Gasteiger partial charge in [0.2, 0.25) is 5.91 Å². The highest BCUT2D eigenvalue weighted by Gasteiger charge is 2.32. The van der Waals surface area contributed by atoms with Crippen LogP contribution in [-0.4, -0.2) is 29.9 Å². The van der Waals surface area contributed by atoms with Crippen LogP contribution in [0.4, 0.5) is 0 Å². The van der Waals surface area contributed by atoms with Gasteiger partial charge in [-0.15, -0.1) is 6.58 Å². The number of hydrogen-bond acceptors (Lipinski definition) is 2. The first-order chi connectivity index (χ1) is 7.70. The fourth-order valence-corrected chi connectivity index (χ4v) is 2.85. The first kappa shape index (κ1) is 11.6. The van der Waals surface area contributed by atoms with Crippen molar-refractivity contribution in [2.24, 2.45) is 17.6 Å². The van der Waals surface area contributed by atoms with Crippen LogP contribution < -0.4 is 5.73 Å². The van der Waals surface area contributed by atoms with Gasteiger partial charge in [0.1, 0.15) is 0 Å². The number of amides is 1. The molecule has 0 spiro atoms. The number of likely N-dealkylation sites (tertiary alicyclic amines) is 1. The van der Waals surface area contributed by atoms with Crippen LogP contribution in [0.25, 0.3) is 0 Å². The van der Waals surface area contributed by atoms with E-state index in [0.717, 1.165) is 45.2 Å². The maximum absolute atomic E-state index is 12.2. The van der Waals surface area contributed by atoms with Crippen LogP contribution in [0.3, 0.4) is 0 Å². The molecule has 0 aromatic rings. The molecule has 2 aliphatic rings. The summed E-state index contributed by atoms with van der Waals surface area (Å²) in [6.45, 7) is 5.63. The summed E-state index contributed by atoms with van der Waals surface area (Å²) in [5.41, 5.74) is 5.85. The first-order valence-electron chi connectivity index (χ1n) is 6.37. The van der Waals surface area contributed by atoms with Gasteiger partial charge in [-0.3, -0.25) is 4.79 Å². The van der Waals surface area contributed by atoms with E-state index < -0.39 is 0 Å². The van der Waals surface area contributed by atoms with Crippen molar-refractivity contribution in [2.45, 2.75) is 38.1 Å². The Morgan fingerprint density at radius 1 is 1.25 bits per heavy atom. The van der Waals surface area contributed by atoms with E-state index in [-0.39, 0.29) is 12.0 Å². The van der Waals surface area contributed by atoms with E-state index in [2.05, 4.69) is 6.58 Å². The van der Waals surface area contributed by atoms with Gasteiger partial charge >= 0.3 is 0 Å². The number of rotatable bonds is 2. The number of carbonyl (C=O) groups excluding carboxylic acids is 1. The molecule has 0 radical (unpaired) electrons. The molecule has 3 heteroatoms. The summed E-state index contributed by atoms with van der Waals surface area (Å²) in [5, 5.41) is 0. The topological polar surface area (TPSA) is 46.3 Å². The maximum Gasteiger partial charge on any atom is 0.225 e. The van der Waals surface area contributed by atoms with Crippen molar-refractivity contribution in [3.8, 4) is 0 Å². The van der Waals surface area contributed by atoms with Gasteiger partial charge in [-0.1, -0.05) is 6.08 Å². The number of nitrogens with two attached hydrogens (primary N) is 1. The van der Waals surface area contributed by atoms with Gasteiger partial charge in [-0.05, 0) is 38.0 Å². The Balaban J connectivity index is 1.84. The van der Waals surface area contributed by atoms with E-state index in [1.165, 1.54) is 0 Å². The monoisotopic (exact) mass is 222 g/mol. The average Bonchev–Trinajstić information content (AvgIpc) is 2.75. The molecule has 90 valence electrons. The van der Waals surface area contributed by atoms with Gasteiger partial charge in [0, 0.05) is 25.0 Å². The molecule has 0 bridgehead atoms. The van der Waals surface area contributed by atoms with E-state index >= 15 is 0 Å². The van der Waals surface area contributed by atoms with Crippen molar-refractivity contribution >= 4 is 5.91 Å². The van der Waals surface area contributed by atoms with Crippen LogP contribution in [0.15, 0.2) is 12.7 Å². The second kappa shape index (κ2) is 5.00. The van der Waals surface area contributed by atoms with E-state index in [0.29, 0.717) is 11.8 Å². The fraction of sp³-hybridized carbons (Fsp3) is 0.769. The highest BCUT2D eigenvalue weighted by atomic mass is 16.2. The molecule has 2 fully saturated rings.